The Kier molecular flexibility index (Phi) is 6.16. The van der Waals surface area contributed by atoms with Gasteiger partial charge in [0.05, 0.1) is 29.5 Å². The molecule has 2 aromatic carbocycles. The number of carbonyl (C=O) groups excluding carboxylic acids is 1. The minimum Gasteiger partial charge on any atom is -0.462 e. The second kappa shape index (κ2) is 9.16. The Morgan fingerprint density at radius 3 is 2.84 bits per heavy atom. The van der Waals surface area contributed by atoms with E-state index in [1.807, 2.05) is 18.2 Å². The van der Waals surface area contributed by atoms with Gasteiger partial charge in [0.15, 0.2) is 5.82 Å². The molecule has 0 aliphatic carbocycles. The minimum atomic E-state index is -0.478. The number of aromatic nitrogens is 3. The molecule has 3 aromatic rings. The van der Waals surface area contributed by atoms with Crippen LogP contribution in [0.5, 0.6) is 0 Å². The quantitative estimate of drug-likeness (QED) is 0.422. The summed E-state index contributed by atoms with van der Waals surface area (Å²) in [6.07, 6.45) is 1.69. The van der Waals surface area contributed by atoms with Gasteiger partial charge in [-0.1, -0.05) is 35.5 Å². The lowest BCUT2D eigenvalue weighted by Crippen LogP contribution is -2.21. The molecule has 0 atom stereocenters. The van der Waals surface area contributed by atoms with Crippen LogP contribution in [-0.2, 0) is 9.53 Å². The predicted octanol–water partition coefficient (Wildman–Crippen LogP) is 4.43. The standard InChI is InChI=1S/C22H16ClN5O2S/c1-2-30-21(29)18(11-14-4-3-5-15(10-14)12-24)19-13-31-22-26-25-20(28(22)27-19)16-6-8-17(23)9-7-16/h3-11H,2,13H2,1H3/b18-11-. The third kappa shape index (κ3) is 4.53. The first-order chi connectivity index (χ1) is 15.1. The molecule has 0 amide bonds. The predicted molar refractivity (Wildman–Crippen MR) is 120 cm³/mol. The Balaban J connectivity index is 1.78. The highest BCUT2D eigenvalue weighted by molar-refractivity contribution is 7.99. The number of halogens is 1. The number of hydrogen-bond donors (Lipinski definition) is 0. The largest absolute Gasteiger partial charge is 0.462 e. The summed E-state index contributed by atoms with van der Waals surface area (Å²) in [4.78, 5) is 12.7. The van der Waals surface area contributed by atoms with Crippen LogP contribution in [-0.4, -0.2) is 38.9 Å². The molecule has 2 heterocycles. The van der Waals surface area contributed by atoms with Gasteiger partial charge in [0.25, 0.3) is 0 Å². The van der Waals surface area contributed by atoms with Gasteiger partial charge >= 0.3 is 5.97 Å². The van der Waals surface area contributed by atoms with Crippen molar-refractivity contribution >= 4 is 41.1 Å². The summed E-state index contributed by atoms with van der Waals surface area (Å²) in [5.41, 5.74) is 2.88. The lowest BCUT2D eigenvalue weighted by atomic mass is 10.1. The Morgan fingerprint density at radius 2 is 2.10 bits per heavy atom. The van der Waals surface area contributed by atoms with Crippen molar-refractivity contribution in [3.05, 3.63) is 70.3 Å². The fraction of sp³-hybridized carbons (Fsp3) is 0.136. The van der Waals surface area contributed by atoms with Crippen LogP contribution < -0.4 is 0 Å². The summed E-state index contributed by atoms with van der Waals surface area (Å²) < 4.78 is 6.88. The molecule has 0 fully saturated rings. The van der Waals surface area contributed by atoms with Gasteiger partial charge in [0.2, 0.25) is 5.16 Å². The van der Waals surface area contributed by atoms with Crippen LogP contribution in [0.25, 0.3) is 17.5 Å². The zero-order valence-corrected chi connectivity index (χ0v) is 18.0. The number of nitriles is 1. The van der Waals surface area contributed by atoms with E-state index in [4.69, 9.17) is 21.6 Å². The molecule has 0 saturated heterocycles. The maximum absolute atomic E-state index is 12.7. The van der Waals surface area contributed by atoms with Crippen LogP contribution in [0.3, 0.4) is 0 Å². The van der Waals surface area contributed by atoms with Crippen LogP contribution in [0, 0.1) is 11.3 Å². The number of rotatable bonds is 5. The second-order valence-electron chi connectivity index (χ2n) is 6.48. The lowest BCUT2D eigenvalue weighted by molar-refractivity contribution is -0.137. The van der Waals surface area contributed by atoms with E-state index in [0.29, 0.717) is 44.2 Å². The number of esters is 1. The Labute approximate surface area is 188 Å². The molecule has 0 N–H and O–H groups in total. The first kappa shape index (κ1) is 20.8. The topological polar surface area (TPSA) is 93.2 Å². The third-order valence-corrected chi connectivity index (χ3v) is 5.59. The van der Waals surface area contributed by atoms with E-state index >= 15 is 0 Å². The molecule has 0 spiro atoms. The van der Waals surface area contributed by atoms with Crippen molar-refractivity contribution in [1.82, 2.24) is 14.9 Å². The molecule has 0 unspecified atom stereocenters. The molecular weight excluding hydrogens is 434 g/mol. The maximum Gasteiger partial charge on any atom is 0.340 e. The summed E-state index contributed by atoms with van der Waals surface area (Å²) in [7, 11) is 0. The van der Waals surface area contributed by atoms with Crippen LogP contribution in [0.15, 0.2) is 64.4 Å². The van der Waals surface area contributed by atoms with Crippen molar-refractivity contribution < 1.29 is 9.53 Å². The van der Waals surface area contributed by atoms with Crippen LogP contribution in [0.4, 0.5) is 0 Å². The van der Waals surface area contributed by atoms with Gasteiger partial charge in [-0.05, 0) is 55.0 Å². The van der Waals surface area contributed by atoms with E-state index in [9.17, 15) is 4.79 Å². The van der Waals surface area contributed by atoms with Crippen LogP contribution in [0.1, 0.15) is 18.1 Å². The monoisotopic (exact) mass is 449 g/mol. The maximum atomic E-state index is 12.7. The third-order valence-electron chi connectivity index (χ3n) is 4.41. The molecule has 0 radical (unpaired) electrons. The van der Waals surface area contributed by atoms with Gasteiger partial charge in [-0.25, -0.2) is 4.79 Å². The second-order valence-corrected chi connectivity index (χ2v) is 7.85. The van der Waals surface area contributed by atoms with Crippen LogP contribution >= 0.6 is 23.4 Å². The molecule has 154 valence electrons. The van der Waals surface area contributed by atoms with E-state index in [1.54, 1.807) is 48.0 Å². The highest BCUT2D eigenvalue weighted by Gasteiger charge is 2.25. The highest BCUT2D eigenvalue weighted by Crippen LogP contribution is 2.29. The van der Waals surface area contributed by atoms with Gasteiger partial charge in [-0.15, -0.1) is 10.2 Å². The molecule has 1 aromatic heterocycles. The van der Waals surface area contributed by atoms with Gasteiger partial charge in [0, 0.05) is 16.3 Å². The van der Waals surface area contributed by atoms with E-state index in [-0.39, 0.29) is 6.61 Å². The molecule has 4 rings (SSSR count). The highest BCUT2D eigenvalue weighted by atomic mass is 35.5. The molecule has 31 heavy (non-hydrogen) atoms. The van der Waals surface area contributed by atoms with Gasteiger partial charge in [-0.2, -0.15) is 15.0 Å². The van der Waals surface area contributed by atoms with Crippen molar-refractivity contribution in [1.29, 1.82) is 5.26 Å². The number of ether oxygens (including phenoxy) is 1. The van der Waals surface area contributed by atoms with Crippen molar-refractivity contribution in [2.75, 3.05) is 12.4 Å². The zero-order valence-electron chi connectivity index (χ0n) is 16.4. The summed E-state index contributed by atoms with van der Waals surface area (Å²) >= 11 is 7.42. The number of hydrogen-bond acceptors (Lipinski definition) is 7. The fourth-order valence-electron chi connectivity index (χ4n) is 2.97. The first-order valence-corrected chi connectivity index (χ1v) is 10.8. The SMILES string of the molecule is CCOC(=O)/C(=C\c1cccc(C#N)c1)C1=Nn2c(nnc2-c2ccc(Cl)cc2)SC1. The smallest absolute Gasteiger partial charge is 0.340 e. The van der Waals surface area contributed by atoms with E-state index in [2.05, 4.69) is 21.4 Å². The Bertz CT molecular complexity index is 1240. The summed E-state index contributed by atoms with van der Waals surface area (Å²) in [6.45, 7) is 1.99. The zero-order chi connectivity index (χ0) is 21.8. The number of nitrogens with zero attached hydrogens (tertiary/aromatic N) is 5. The average Bonchev–Trinajstić information content (AvgIpc) is 3.21. The minimum absolute atomic E-state index is 0.239. The van der Waals surface area contributed by atoms with Crippen molar-refractivity contribution in [2.45, 2.75) is 12.1 Å². The van der Waals surface area contributed by atoms with Gasteiger partial charge < -0.3 is 4.74 Å². The summed E-state index contributed by atoms with van der Waals surface area (Å²) in [5.74, 6) is 0.501. The number of carbonyl (C=O) groups is 1. The number of benzene rings is 2. The molecular formula is C22H16ClN5O2S. The Morgan fingerprint density at radius 1 is 1.29 bits per heavy atom. The van der Waals surface area contributed by atoms with Crippen LogP contribution in [0.2, 0.25) is 5.02 Å². The van der Waals surface area contributed by atoms with Crippen molar-refractivity contribution in [3.8, 4) is 17.5 Å². The molecule has 7 nitrogen and oxygen atoms in total. The lowest BCUT2D eigenvalue weighted by Gasteiger charge is -2.16. The molecule has 1 aliphatic rings. The van der Waals surface area contributed by atoms with E-state index < -0.39 is 5.97 Å². The van der Waals surface area contributed by atoms with E-state index in [0.717, 1.165) is 5.56 Å². The fourth-order valence-corrected chi connectivity index (χ4v) is 3.93. The Hall–Kier alpha value is -3.41. The first-order valence-electron chi connectivity index (χ1n) is 9.40. The average molecular weight is 450 g/mol. The molecule has 1 aliphatic heterocycles. The number of thioether (sulfide) groups is 1. The van der Waals surface area contributed by atoms with Crippen molar-refractivity contribution in [2.24, 2.45) is 5.10 Å². The normalized spacial score (nSPS) is 13.2. The van der Waals surface area contributed by atoms with Gasteiger partial charge in [-0.3, -0.25) is 0 Å². The van der Waals surface area contributed by atoms with E-state index in [1.165, 1.54) is 11.8 Å². The summed E-state index contributed by atoms with van der Waals surface area (Å²) in [5, 5.41) is 23.5. The number of fused-ring (bicyclic) bond motifs is 1. The van der Waals surface area contributed by atoms with Gasteiger partial charge in [0.1, 0.15) is 0 Å². The van der Waals surface area contributed by atoms with Crippen molar-refractivity contribution in [3.63, 3.8) is 0 Å². The molecule has 0 bridgehead atoms. The molecule has 0 saturated carbocycles. The summed E-state index contributed by atoms with van der Waals surface area (Å²) in [6, 6.07) is 16.3. The molecule has 9 heteroatoms.